The van der Waals surface area contributed by atoms with E-state index in [0.29, 0.717) is 36.0 Å². The lowest BCUT2D eigenvalue weighted by Crippen LogP contribution is -2.22. The molecule has 46 heavy (non-hydrogen) atoms. The maximum Gasteiger partial charge on any atom is 0.412 e. The quantitative estimate of drug-likeness (QED) is 0.132. The van der Waals surface area contributed by atoms with Gasteiger partial charge in [0, 0.05) is 24.7 Å². The third-order valence-corrected chi connectivity index (χ3v) is 8.02. The monoisotopic (exact) mass is 630 g/mol. The Morgan fingerprint density at radius 2 is 1.61 bits per heavy atom. The first-order valence-corrected chi connectivity index (χ1v) is 15.8. The normalized spacial score (nSPS) is 13.3. The first-order chi connectivity index (χ1) is 22.3. The minimum atomic E-state index is -0.465. The van der Waals surface area contributed by atoms with Crippen molar-refractivity contribution in [3.8, 4) is 28.7 Å². The molecule has 0 aromatic heterocycles. The van der Waals surface area contributed by atoms with Gasteiger partial charge in [-0.3, -0.25) is 4.79 Å². The van der Waals surface area contributed by atoms with Crippen molar-refractivity contribution in [2.24, 2.45) is 0 Å². The lowest BCUT2D eigenvalue weighted by Gasteiger charge is -2.19. The number of carbonyl (C=O) groups excluding carboxylic acids is 2. The van der Waals surface area contributed by atoms with Gasteiger partial charge in [-0.2, -0.15) is 0 Å². The molecule has 0 saturated heterocycles. The number of amides is 1. The van der Waals surface area contributed by atoms with Crippen molar-refractivity contribution in [1.82, 2.24) is 10.2 Å². The second-order valence-corrected chi connectivity index (χ2v) is 11.4. The predicted octanol–water partition coefficient (Wildman–Crippen LogP) is 7.10. The number of hydrogen-bond acceptors (Lipinski definition) is 8. The van der Waals surface area contributed by atoms with Crippen LogP contribution in [0, 0.1) is 0 Å². The summed E-state index contributed by atoms with van der Waals surface area (Å²) in [5.74, 6) is 3.03. The fourth-order valence-electron chi connectivity index (χ4n) is 5.63. The fourth-order valence-corrected chi connectivity index (χ4v) is 5.63. The van der Waals surface area contributed by atoms with Crippen molar-refractivity contribution in [3.63, 3.8) is 0 Å². The Kier molecular flexibility index (Phi) is 12.9. The zero-order chi connectivity index (χ0) is 32.9. The maximum absolute atomic E-state index is 13.3. The molecular formula is C37H46N2O7. The van der Waals surface area contributed by atoms with Gasteiger partial charge in [0.15, 0.2) is 17.3 Å². The number of nitrogens with one attached hydrogen (secondary N) is 1. The fraction of sp³-hybridized carbons (Fsp3) is 0.405. The lowest BCUT2D eigenvalue weighted by atomic mass is 9.86. The highest BCUT2D eigenvalue weighted by atomic mass is 16.6. The third-order valence-electron chi connectivity index (χ3n) is 8.02. The van der Waals surface area contributed by atoms with E-state index in [9.17, 15) is 9.59 Å². The van der Waals surface area contributed by atoms with Crippen molar-refractivity contribution in [2.75, 3.05) is 48.6 Å². The number of allylic oxidation sites excluding steroid dienone is 1. The summed E-state index contributed by atoms with van der Waals surface area (Å²) < 4.78 is 27.6. The molecule has 0 aliphatic heterocycles. The molecule has 1 amide bonds. The summed E-state index contributed by atoms with van der Waals surface area (Å²) in [6, 6.07) is 17.1. The molecule has 0 unspecified atom stereocenters. The summed E-state index contributed by atoms with van der Waals surface area (Å²) in [7, 11) is 8.38. The van der Waals surface area contributed by atoms with E-state index in [1.165, 1.54) is 0 Å². The van der Waals surface area contributed by atoms with Crippen LogP contribution in [0.15, 0.2) is 60.2 Å². The van der Waals surface area contributed by atoms with Gasteiger partial charge in [-0.1, -0.05) is 31.4 Å². The van der Waals surface area contributed by atoms with Crippen molar-refractivity contribution >= 4 is 18.0 Å². The van der Waals surface area contributed by atoms with Crippen molar-refractivity contribution in [2.45, 2.75) is 51.5 Å². The average Bonchev–Trinajstić information content (AvgIpc) is 3.06. The number of unbranched alkanes of at least 4 members (excludes halogenated alkanes) is 4. The van der Waals surface area contributed by atoms with Gasteiger partial charge in [0.25, 0.3) is 0 Å². The predicted molar refractivity (Wildman–Crippen MR) is 180 cm³/mol. The van der Waals surface area contributed by atoms with Gasteiger partial charge in [-0.15, -0.1) is 0 Å². The zero-order valence-electron chi connectivity index (χ0n) is 27.6. The number of ketones is 1. The molecule has 9 nitrogen and oxygen atoms in total. The zero-order valence-corrected chi connectivity index (χ0v) is 27.6. The molecule has 3 aromatic rings. The summed E-state index contributed by atoms with van der Waals surface area (Å²) in [4.78, 5) is 27.1. The van der Waals surface area contributed by atoms with Gasteiger partial charge in [-0.25, -0.2) is 4.79 Å². The average molecular weight is 631 g/mol. The molecule has 0 atom stereocenters. The maximum atomic E-state index is 13.3. The van der Waals surface area contributed by atoms with Crippen LogP contribution >= 0.6 is 0 Å². The third kappa shape index (κ3) is 9.50. The van der Waals surface area contributed by atoms with Crippen molar-refractivity contribution < 1.29 is 33.3 Å². The van der Waals surface area contributed by atoms with E-state index in [1.54, 1.807) is 34.4 Å². The van der Waals surface area contributed by atoms with E-state index in [4.69, 9.17) is 23.7 Å². The number of rotatable bonds is 16. The molecule has 1 N–H and O–H groups in total. The van der Waals surface area contributed by atoms with E-state index in [2.05, 4.69) is 17.3 Å². The Morgan fingerprint density at radius 1 is 0.870 bits per heavy atom. The van der Waals surface area contributed by atoms with Crippen LogP contribution in [-0.4, -0.2) is 65.4 Å². The van der Waals surface area contributed by atoms with Gasteiger partial charge in [0.05, 0.1) is 27.9 Å². The van der Waals surface area contributed by atoms with Gasteiger partial charge in [0.2, 0.25) is 5.75 Å². The van der Waals surface area contributed by atoms with Gasteiger partial charge in [0.1, 0.15) is 11.5 Å². The Bertz CT molecular complexity index is 1490. The largest absolute Gasteiger partial charge is 0.494 e. The number of aryl methyl sites for hydroxylation is 1. The summed E-state index contributed by atoms with van der Waals surface area (Å²) in [5, 5.41) is 2.46. The number of hydrogen-bond donors (Lipinski definition) is 1. The molecule has 0 saturated carbocycles. The van der Waals surface area contributed by atoms with Crippen molar-refractivity contribution in [3.05, 3.63) is 82.4 Å². The van der Waals surface area contributed by atoms with Crippen LogP contribution in [0.3, 0.4) is 0 Å². The van der Waals surface area contributed by atoms with Crippen LogP contribution in [-0.2, 0) is 13.0 Å². The highest BCUT2D eigenvalue weighted by Gasteiger charge is 2.23. The molecule has 0 fully saturated rings. The van der Waals surface area contributed by atoms with Gasteiger partial charge in [-0.05, 0) is 105 Å². The Labute approximate surface area is 272 Å². The Balaban J connectivity index is 1.17. The van der Waals surface area contributed by atoms with Gasteiger partial charge >= 0.3 is 6.09 Å². The standard InChI is InChI=1S/C37H46N2O7/c1-38-37(41)46-31-13-11-12-26(21-31)25-39(2)18-9-7-6-8-10-19-45-30-16-17-32-28(24-30)14-15-29(35(32)40)20-27-22-33(42-3)36(44-5)34(23-27)43-4/h11-13,16-17,20-24H,6-10,14-15,18-19,25H2,1-5H3,(H,38,41)/b29-20+. The van der Waals surface area contributed by atoms with Crippen LogP contribution in [0.2, 0.25) is 0 Å². The Hall–Kier alpha value is -4.50. The molecule has 0 radical (unpaired) electrons. The smallest absolute Gasteiger partial charge is 0.412 e. The van der Waals surface area contributed by atoms with Crippen molar-refractivity contribution in [1.29, 1.82) is 0 Å². The molecular weight excluding hydrogens is 584 g/mol. The van der Waals surface area contributed by atoms with Gasteiger partial charge < -0.3 is 33.9 Å². The second-order valence-electron chi connectivity index (χ2n) is 11.4. The molecule has 246 valence electrons. The number of ether oxygens (including phenoxy) is 5. The first-order valence-electron chi connectivity index (χ1n) is 15.8. The highest BCUT2D eigenvalue weighted by Crippen LogP contribution is 2.39. The topological polar surface area (TPSA) is 95.6 Å². The molecule has 0 spiro atoms. The van der Waals surface area contributed by atoms with Crippen LogP contribution in [0.1, 0.15) is 65.6 Å². The number of carbonyl (C=O) groups is 2. The second kappa shape index (κ2) is 17.3. The van der Waals surface area contributed by atoms with Crippen LogP contribution in [0.4, 0.5) is 4.79 Å². The number of fused-ring (bicyclic) bond motifs is 1. The summed E-state index contributed by atoms with van der Waals surface area (Å²) in [5.41, 5.74) is 4.44. The highest BCUT2D eigenvalue weighted by molar-refractivity contribution is 6.13. The van der Waals surface area contributed by atoms with Crippen LogP contribution in [0.5, 0.6) is 28.7 Å². The lowest BCUT2D eigenvalue weighted by molar-refractivity contribution is 0.102. The minimum Gasteiger partial charge on any atom is -0.494 e. The molecule has 0 bridgehead atoms. The van der Waals surface area contributed by atoms with Crippen LogP contribution in [0.25, 0.3) is 6.08 Å². The molecule has 9 heteroatoms. The minimum absolute atomic E-state index is 0.0377. The molecule has 4 rings (SSSR count). The SMILES string of the molecule is CNC(=O)Oc1cccc(CN(C)CCCCCCCOc2ccc3c(c2)CC/C(=C\c2cc(OC)c(OC)c(OC)c2)C3=O)c1. The summed E-state index contributed by atoms with van der Waals surface area (Å²) in [6.45, 7) is 2.47. The Morgan fingerprint density at radius 3 is 2.33 bits per heavy atom. The van der Waals surface area contributed by atoms with E-state index in [-0.39, 0.29) is 5.78 Å². The molecule has 3 aromatic carbocycles. The van der Waals surface area contributed by atoms with E-state index < -0.39 is 6.09 Å². The number of benzene rings is 3. The molecule has 1 aliphatic rings. The number of methoxy groups -OCH3 is 3. The number of nitrogens with zero attached hydrogens (tertiary/aromatic N) is 1. The molecule has 1 aliphatic carbocycles. The first kappa shape index (κ1) is 34.4. The summed E-state index contributed by atoms with van der Waals surface area (Å²) >= 11 is 0. The van der Waals surface area contributed by atoms with Crippen LogP contribution < -0.4 is 29.0 Å². The van der Waals surface area contributed by atoms with E-state index in [0.717, 1.165) is 85.2 Å². The van der Waals surface area contributed by atoms with E-state index >= 15 is 0 Å². The summed E-state index contributed by atoms with van der Waals surface area (Å²) in [6.07, 6.45) is 8.42. The molecule has 0 heterocycles. The number of Topliss-reactive ketones (excluding diaryl/α,β-unsaturated/α-hetero) is 1. The van der Waals surface area contributed by atoms with E-state index in [1.807, 2.05) is 54.6 Å².